The Balaban J connectivity index is 2.03. The van der Waals surface area contributed by atoms with Crippen LogP contribution in [0, 0.1) is 0 Å². The van der Waals surface area contributed by atoms with Gasteiger partial charge in [-0.1, -0.05) is 20.3 Å². The molecule has 2 heterocycles. The van der Waals surface area contributed by atoms with Gasteiger partial charge in [-0.3, -0.25) is 4.68 Å². The van der Waals surface area contributed by atoms with Crippen LogP contribution in [0.4, 0.5) is 0 Å². The van der Waals surface area contributed by atoms with E-state index in [1.807, 2.05) is 0 Å². The van der Waals surface area contributed by atoms with Crippen molar-refractivity contribution in [1.82, 2.24) is 15.1 Å². The molecule has 1 aromatic heterocycles. The van der Waals surface area contributed by atoms with Gasteiger partial charge in [0.25, 0.3) is 0 Å². The molecule has 1 N–H and O–H groups in total. The Morgan fingerprint density at radius 1 is 1.38 bits per heavy atom. The smallest absolute Gasteiger partial charge is 0.0624 e. The van der Waals surface area contributed by atoms with Crippen LogP contribution < -0.4 is 5.32 Å². The van der Waals surface area contributed by atoms with Crippen molar-refractivity contribution in [1.29, 1.82) is 0 Å². The summed E-state index contributed by atoms with van der Waals surface area (Å²) in [7, 11) is 0. The summed E-state index contributed by atoms with van der Waals surface area (Å²) in [4.78, 5) is 0. The summed E-state index contributed by atoms with van der Waals surface area (Å²) in [6.45, 7) is 6.60. The van der Waals surface area contributed by atoms with Crippen molar-refractivity contribution in [3.8, 4) is 0 Å². The molecule has 1 aliphatic rings. The topological polar surface area (TPSA) is 29.9 Å². The maximum Gasteiger partial charge on any atom is 0.0624 e. The third-order valence-corrected chi connectivity index (χ3v) is 3.44. The Morgan fingerprint density at radius 2 is 2.25 bits per heavy atom. The van der Waals surface area contributed by atoms with Crippen molar-refractivity contribution in [2.24, 2.45) is 0 Å². The molecule has 0 amide bonds. The van der Waals surface area contributed by atoms with Crippen molar-refractivity contribution < 1.29 is 0 Å². The molecule has 1 aliphatic heterocycles. The van der Waals surface area contributed by atoms with E-state index in [2.05, 4.69) is 35.0 Å². The van der Waals surface area contributed by atoms with Crippen molar-refractivity contribution >= 4 is 0 Å². The van der Waals surface area contributed by atoms with Crippen molar-refractivity contribution in [2.45, 2.75) is 58.5 Å². The zero-order valence-corrected chi connectivity index (χ0v) is 10.5. The van der Waals surface area contributed by atoms with E-state index in [1.165, 1.54) is 37.2 Å². The summed E-state index contributed by atoms with van der Waals surface area (Å²) in [5, 5.41) is 8.26. The van der Waals surface area contributed by atoms with Crippen molar-refractivity contribution in [2.75, 3.05) is 6.54 Å². The van der Waals surface area contributed by atoms with Gasteiger partial charge in [0.05, 0.1) is 12.2 Å². The monoisotopic (exact) mass is 221 g/mol. The number of aromatic nitrogens is 2. The Labute approximate surface area is 98.2 Å². The molecule has 0 aliphatic carbocycles. The molecule has 0 aromatic carbocycles. The number of rotatable bonds is 4. The van der Waals surface area contributed by atoms with Gasteiger partial charge in [0.15, 0.2) is 0 Å². The lowest BCUT2D eigenvalue weighted by atomic mass is 10.1. The van der Waals surface area contributed by atoms with Crippen LogP contribution in [0.5, 0.6) is 0 Å². The maximum absolute atomic E-state index is 4.67. The third kappa shape index (κ3) is 2.64. The van der Waals surface area contributed by atoms with Gasteiger partial charge in [0, 0.05) is 11.7 Å². The number of nitrogens with zero attached hydrogens (tertiary/aromatic N) is 2. The second-order valence-corrected chi connectivity index (χ2v) is 4.66. The van der Waals surface area contributed by atoms with Gasteiger partial charge in [0.1, 0.15) is 0 Å². The van der Waals surface area contributed by atoms with E-state index in [4.69, 9.17) is 0 Å². The fourth-order valence-electron chi connectivity index (χ4n) is 2.42. The highest BCUT2D eigenvalue weighted by molar-refractivity contribution is 5.10. The van der Waals surface area contributed by atoms with Crippen LogP contribution in [0.3, 0.4) is 0 Å². The van der Waals surface area contributed by atoms with E-state index in [-0.39, 0.29) is 0 Å². The van der Waals surface area contributed by atoms with Gasteiger partial charge in [-0.2, -0.15) is 5.10 Å². The molecule has 0 radical (unpaired) electrons. The summed E-state index contributed by atoms with van der Waals surface area (Å²) < 4.78 is 2.21. The zero-order chi connectivity index (χ0) is 11.4. The molecular formula is C13H23N3. The average molecular weight is 221 g/mol. The molecule has 1 aromatic rings. The predicted molar refractivity (Wildman–Crippen MR) is 66.6 cm³/mol. The minimum absolute atomic E-state index is 0.628. The van der Waals surface area contributed by atoms with E-state index < -0.39 is 0 Å². The predicted octanol–water partition coefficient (Wildman–Crippen LogP) is 2.15. The van der Waals surface area contributed by atoms with Crippen molar-refractivity contribution in [3.63, 3.8) is 0 Å². The lowest BCUT2D eigenvalue weighted by molar-refractivity contribution is 0.346. The lowest BCUT2D eigenvalue weighted by Crippen LogP contribution is -2.37. The SMILES string of the molecule is CCc1cc(CC)n(C[C@H]2CCCCN2)n1. The quantitative estimate of drug-likeness (QED) is 0.844. The first-order chi connectivity index (χ1) is 7.83. The zero-order valence-electron chi connectivity index (χ0n) is 10.5. The Morgan fingerprint density at radius 3 is 2.88 bits per heavy atom. The fraction of sp³-hybridized carbons (Fsp3) is 0.769. The summed E-state index contributed by atoms with van der Waals surface area (Å²) in [5.74, 6) is 0. The Bertz CT molecular complexity index is 324. The van der Waals surface area contributed by atoms with Gasteiger partial charge < -0.3 is 5.32 Å². The molecule has 0 bridgehead atoms. The second kappa shape index (κ2) is 5.48. The summed E-state index contributed by atoms with van der Waals surface area (Å²) in [6.07, 6.45) is 6.11. The highest BCUT2D eigenvalue weighted by atomic mass is 15.3. The molecule has 3 nitrogen and oxygen atoms in total. The highest BCUT2D eigenvalue weighted by Crippen LogP contribution is 2.12. The Kier molecular flexibility index (Phi) is 3.99. The summed E-state index contributed by atoms with van der Waals surface area (Å²) in [5.41, 5.74) is 2.61. The molecule has 2 rings (SSSR count). The molecule has 3 heteroatoms. The molecular weight excluding hydrogens is 198 g/mol. The first-order valence-corrected chi connectivity index (χ1v) is 6.62. The van der Waals surface area contributed by atoms with E-state index in [9.17, 15) is 0 Å². The highest BCUT2D eigenvalue weighted by Gasteiger charge is 2.15. The van der Waals surface area contributed by atoms with E-state index in [0.29, 0.717) is 6.04 Å². The van der Waals surface area contributed by atoms with Crippen LogP contribution in [0.2, 0.25) is 0 Å². The number of piperidine rings is 1. The van der Waals surface area contributed by atoms with Gasteiger partial charge in [0.2, 0.25) is 0 Å². The number of nitrogens with one attached hydrogen (secondary N) is 1. The standard InChI is InChI=1S/C13H23N3/c1-3-11-9-13(4-2)16(15-11)10-12-7-5-6-8-14-12/h9,12,14H,3-8,10H2,1-2H3/t12-/m1/s1. The number of aryl methyl sites for hydroxylation is 2. The normalized spacial score (nSPS) is 21.2. The largest absolute Gasteiger partial charge is 0.312 e. The van der Waals surface area contributed by atoms with Gasteiger partial charge >= 0.3 is 0 Å². The summed E-state index contributed by atoms with van der Waals surface area (Å²) in [6, 6.07) is 2.88. The molecule has 0 unspecified atom stereocenters. The molecule has 16 heavy (non-hydrogen) atoms. The molecule has 1 fully saturated rings. The van der Waals surface area contributed by atoms with E-state index >= 15 is 0 Å². The second-order valence-electron chi connectivity index (χ2n) is 4.66. The molecule has 90 valence electrons. The van der Waals surface area contributed by atoms with Crippen LogP contribution in [-0.2, 0) is 19.4 Å². The van der Waals surface area contributed by atoms with Crippen molar-refractivity contribution in [3.05, 3.63) is 17.5 Å². The molecule has 1 saturated heterocycles. The van der Waals surface area contributed by atoms with E-state index in [1.54, 1.807) is 0 Å². The van der Waals surface area contributed by atoms with Crippen LogP contribution >= 0.6 is 0 Å². The maximum atomic E-state index is 4.67. The van der Waals surface area contributed by atoms with Crippen LogP contribution in [0.15, 0.2) is 6.07 Å². The van der Waals surface area contributed by atoms with Gasteiger partial charge in [-0.25, -0.2) is 0 Å². The average Bonchev–Trinajstić information content (AvgIpc) is 2.73. The Hall–Kier alpha value is -0.830. The first kappa shape index (κ1) is 11.6. The molecule has 0 spiro atoms. The van der Waals surface area contributed by atoms with Crippen LogP contribution in [0.25, 0.3) is 0 Å². The third-order valence-electron chi connectivity index (χ3n) is 3.44. The minimum Gasteiger partial charge on any atom is -0.312 e. The lowest BCUT2D eigenvalue weighted by Gasteiger charge is -2.24. The van der Waals surface area contributed by atoms with Crippen LogP contribution in [0.1, 0.15) is 44.5 Å². The molecule has 0 saturated carbocycles. The van der Waals surface area contributed by atoms with Gasteiger partial charge in [-0.15, -0.1) is 0 Å². The number of hydrogen-bond acceptors (Lipinski definition) is 2. The fourth-order valence-corrected chi connectivity index (χ4v) is 2.42. The number of hydrogen-bond donors (Lipinski definition) is 1. The molecule has 1 atom stereocenters. The van der Waals surface area contributed by atoms with Gasteiger partial charge in [-0.05, 0) is 38.3 Å². The van der Waals surface area contributed by atoms with E-state index in [0.717, 1.165) is 19.4 Å². The van der Waals surface area contributed by atoms with Crippen LogP contribution in [-0.4, -0.2) is 22.4 Å². The minimum atomic E-state index is 0.628. The first-order valence-electron chi connectivity index (χ1n) is 6.62. The summed E-state index contributed by atoms with van der Waals surface area (Å²) >= 11 is 0.